The Labute approximate surface area is 167 Å². The Bertz CT molecular complexity index is 758. The molecule has 29 heavy (non-hydrogen) atoms. The zero-order chi connectivity index (χ0) is 20.7. The van der Waals surface area contributed by atoms with E-state index in [-0.39, 0.29) is 24.2 Å². The molecule has 1 aliphatic heterocycles. The molecule has 0 saturated carbocycles. The minimum Gasteiger partial charge on any atom is -0.468 e. The van der Waals surface area contributed by atoms with Crippen LogP contribution in [-0.2, 0) is 4.79 Å². The maximum absolute atomic E-state index is 12.2. The molecule has 1 fully saturated rings. The van der Waals surface area contributed by atoms with Crippen LogP contribution in [0.2, 0.25) is 0 Å². The van der Waals surface area contributed by atoms with Crippen molar-refractivity contribution < 1.29 is 27.1 Å². The lowest BCUT2D eigenvalue weighted by Crippen LogP contribution is -2.40. The largest absolute Gasteiger partial charge is 0.573 e. The molecule has 9 heteroatoms. The molecular formula is C20H24F3N3O3. The summed E-state index contributed by atoms with van der Waals surface area (Å²) < 4.78 is 45.9. The van der Waals surface area contributed by atoms with Crippen molar-refractivity contribution in [2.45, 2.75) is 31.7 Å². The van der Waals surface area contributed by atoms with Crippen LogP contribution in [0.25, 0.3) is 0 Å². The van der Waals surface area contributed by atoms with Gasteiger partial charge in [-0.15, -0.1) is 13.2 Å². The van der Waals surface area contributed by atoms with Crippen molar-refractivity contribution >= 4 is 11.6 Å². The van der Waals surface area contributed by atoms with Crippen molar-refractivity contribution in [3.05, 3.63) is 48.4 Å². The molecule has 3 rings (SSSR count). The van der Waals surface area contributed by atoms with Gasteiger partial charge >= 0.3 is 6.36 Å². The summed E-state index contributed by atoms with van der Waals surface area (Å²) in [4.78, 5) is 14.5. The quantitative estimate of drug-likeness (QED) is 0.689. The molecule has 1 aromatic carbocycles. The van der Waals surface area contributed by atoms with Crippen LogP contribution in [0.4, 0.5) is 18.9 Å². The van der Waals surface area contributed by atoms with E-state index in [0.717, 1.165) is 43.8 Å². The first kappa shape index (κ1) is 21.2. The summed E-state index contributed by atoms with van der Waals surface area (Å²) in [7, 11) is 0. The molecule has 1 atom stereocenters. The van der Waals surface area contributed by atoms with Crippen molar-refractivity contribution in [3.8, 4) is 5.75 Å². The van der Waals surface area contributed by atoms with Gasteiger partial charge in [0.15, 0.2) is 0 Å². The van der Waals surface area contributed by atoms with E-state index in [0.29, 0.717) is 12.2 Å². The second kappa shape index (κ2) is 9.80. The fourth-order valence-electron chi connectivity index (χ4n) is 3.39. The van der Waals surface area contributed by atoms with E-state index in [2.05, 4.69) is 20.3 Å². The summed E-state index contributed by atoms with van der Waals surface area (Å²) in [6, 6.07) is 8.87. The van der Waals surface area contributed by atoms with Gasteiger partial charge in [0, 0.05) is 12.2 Å². The van der Waals surface area contributed by atoms with Gasteiger partial charge in [-0.1, -0.05) is 6.42 Å². The Morgan fingerprint density at radius 1 is 1.14 bits per heavy atom. The predicted octanol–water partition coefficient (Wildman–Crippen LogP) is 3.93. The maximum atomic E-state index is 12.2. The minimum absolute atomic E-state index is 0.0527. The lowest BCUT2D eigenvalue weighted by Gasteiger charge is -2.33. The fraction of sp³-hybridized carbons (Fsp3) is 0.450. The number of amides is 1. The van der Waals surface area contributed by atoms with Crippen molar-refractivity contribution in [1.82, 2.24) is 10.2 Å². The number of ether oxygens (including phenoxy) is 1. The van der Waals surface area contributed by atoms with Crippen LogP contribution < -0.4 is 15.4 Å². The maximum Gasteiger partial charge on any atom is 0.573 e. The number of nitrogens with one attached hydrogen (secondary N) is 2. The van der Waals surface area contributed by atoms with Crippen molar-refractivity contribution in [1.29, 1.82) is 0 Å². The van der Waals surface area contributed by atoms with Gasteiger partial charge in [0.05, 0.1) is 18.8 Å². The van der Waals surface area contributed by atoms with Crippen molar-refractivity contribution in [2.24, 2.45) is 0 Å². The average molecular weight is 411 g/mol. The van der Waals surface area contributed by atoms with Crippen LogP contribution in [0.3, 0.4) is 0 Å². The number of halogens is 3. The number of likely N-dealkylation sites (tertiary alicyclic amines) is 1. The Morgan fingerprint density at radius 3 is 2.48 bits per heavy atom. The summed E-state index contributed by atoms with van der Waals surface area (Å²) in [5, 5.41) is 5.79. The first-order valence-electron chi connectivity index (χ1n) is 9.54. The third-order valence-electron chi connectivity index (χ3n) is 4.70. The monoisotopic (exact) mass is 411 g/mol. The Kier molecular flexibility index (Phi) is 7.16. The Hall–Kier alpha value is -2.52. The highest BCUT2D eigenvalue weighted by Crippen LogP contribution is 2.25. The van der Waals surface area contributed by atoms with Gasteiger partial charge in [-0.3, -0.25) is 9.69 Å². The number of nitrogens with zero attached hydrogens (tertiary/aromatic N) is 1. The normalized spacial score (nSPS) is 16.4. The lowest BCUT2D eigenvalue weighted by molar-refractivity contribution is -0.274. The van der Waals surface area contributed by atoms with Gasteiger partial charge in [0.1, 0.15) is 11.5 Å². The van der Waals surface area contributed by atoms with E-state index in [9.17, 15) is 18.0 Å². The average Bonchev–Trinajstić information content (AvgIpc) is 3.21. The molecule has 2 N–H and O–H groups in total. The molecule has 0 radical (unpaired) electrons. The molecule has 2 aromatic rings. The number of anilines is 1. The number of furan rings is 1. The lowest BCUT2D eigenvalue weighted by atomic mass is 10.1. The van der Waals surface area contributed by atoms with Crippen LogP contribution >= 0.6 is 0 Å². The molecule has 0 unspecified atom stereocenters. The van der Waals surface area contributed by atoms with Gasteiger partial charge in [-0.25, -0.2) is 0 Å². The number of benzene rings is 1. The standard InChI is InChI=1S/C20H24F3N3O3/c21-20(22,23)29-16-8-6-15(7-9-16)25-19(27)14-24-13-17(18-5-4-12-28-18)26-10-2-1-3-11-26/h4-9,12,17,24H,1-3,10-11,13-14H2,(H,25,27)/t17-/m1/s1. The number of hydrogen-bond donors (Lipinski definition) is 2. The van der Waals surface area contributed by atoms with Gasteiger partial charge in [-0.2, -0.15) is 0 Å². The minimum atomic E-state index is -4.74. The van der Waals surface area contributed by atoms with Crippen LogP contribution in [-0.4, -0.2) is 43.3 Å². The summed E-state index contributed by atoms with van der Waals surface area (Å²) in [5.74, 6) is 0.239. The highest BCUT2D eigenvalue weighted by Gasteiger charge is 2.31. The molecule has 158 valence electrons. The number of piperidine rings is 1. The summed E-state index contributed by atoms with van der Waals surface area (Å²) in [5.41, 5.74) is 0.393. The van der Waals surface area contributed by atoms with Gasteiger partial charge in [-0.05, 0) is 62.3 Å². The molecule has 2 heterocycles. The number of alkyl halides is 3. The molecule has 1 saturated heterocycles. The molecule has 0 aliphatic carbocycles. The van der Waals surface area contributed by atoms with Gasteiger partial charge in [0.2, 0.25) is 5.91 Å². The molecule has 1 amide bonds. The zero-order valence-electron chi connectivity index (χ0n) is 15.9. The predicted molar refractivity (Wildman–Crippen MR) is 101 cm³/mol. The first-order valence-corrected chi connectivity index (χ1v) is 9.54. The van der Waals surface area contributed by atoms with E-state index >= 15 is 0 Å². The van der Waals surface area contributed by atoms with E-state index in [1.165, 1.54) is 18.6 Å². The number of carbonyl (C=O) groups excluding carboxylic acids is 1. The number of carbonyl (C=O) groups is 1. The summed E-state index contributed by atoms with van der Waals surface area (Å²) in [6.45, 7) is 2.61. The topological polar surface area (TPSA) is 66.7 Å². The third-order valence-corrected chi connectivity index (χ3v) is 4.70. The van der Waals surface area contributed by atoms with Gasteiger partial charge < -0.3 is 19.8 Å². The van der Waals surface area contributed by atoms with Crippen molar-refractivity contribution in [2.75, 3.05) is 31.5 Å². The molecule has 1 aromatic heterocycles. The van der Waals surface area contributed by atoms with Gasteiger partial charge in [0.25, 0.3) is 0 Å². The van der Waals surface area contributed by atoms with E-state index in [1.54, 1.807) is 6.26 Å². The zero-order valence-corrected chi connectivity index (χ0v) is 15.9. The Balaban J connectivity index is 1.48. The van der Waals surface area contributed by atoms with Crippen molar-refractivity contribution in [3.63, 3.8) is 0 Å². The molecule has 0 bridgehead atoms. The number of rotatable bonds is 8. The molecule has 0 spiro atoms. The van der Waals surface area contributed by atoms with Crippen LogP contribution in [0.15, 0.2) is 47.1 Å². The second-order valence-electron chi connectivity index (χ2n) is 6.88. The molecule has 1 aliphatic rings. The van der Waals surface area contributed by atoms with E-state index in [1.807, 2.05) is 12.1 Å². The Morgan fingerprint density at radius 2 is 1.86 bits per heavy atom. The summed E-state index contributed by atoms with van der Waals surface area (Å²) >= 11 is 0. The second-order valence-corrected chi connectivity index (χ2v) is 6.88. The summed E-state index contributed by atoms with van der Waals surface area (Å²) in [6.07, 6.45) is 0.417. The SMILES string of the molecule is O=C(CNC[C@H](c1ccco1)N1CCCCC1)Nc1ccc(OC(F)(F)F)cc1. The van der Waals surface area contributed by atoms with Crippen LogP contribution in [0.1, 0.15) is 31.1 Å². The fourth-order valence-corrected chi connectivity index (χ4v) is 3.39. The highest BCUT2D eigenvalue weighted by atomic mass is 19.4. The molecule has 6 nitrogen and oxygen atoms in total. The van der Waals surface area contributed by atoms with Crippen LogP contribution in [0.5, 0.6) is 5.75 Å². The van der Waals surface area contributed by atoms with E-state index in [4.69, 9.17) is 4.42 Å². The van der Waals surface area contributed by atoms with Crippen LogP contribution in [0, 0.1) is 0 Å². The smallest absolute Gasteiger partial charge is 0.468 e. The first-order chi connectivity index (χ1) is 13.9. The molecular weight excluding hydrogens is 387 g/mol. The van der Waals surface area contributed by atoms with E-state index < -0.39 is 6.36 Å². The third kappa shape index (κ3) is 6.79. The number of hydrogen-bond acceptors (Lipinski definition) is 5. The highest BCUT2D eigenvalue weighted by molar-refractivity contribution is 5.92.